The number of rotatable bonds is 6. The van der Waals surface area contributed by atoms with Crippen molar-refractivity contribution < 1.29 is 23.1 Å². The van der Waals surface area contributed by atoms with Gasteiger partial charge in [0.05, 0.1) is 15.8 Å². The van der Waals surface area contributed by atoms with E-state index in [2.05, 4.69) is 15.9 Å². The van der Waals surface area contributed by atoms with Crippen LogP contribution in [0.2, 0.25) is 0 Å². The molecule has 0 aliphatic rings. The summed E-state index contributed by atoms with van der Waals surface area (Å²) in [6.07, 6.45) is -0.338. The molecule has 0 saturated carbocycles. The average molecular weight is 389 g/mol. The maximum absolute atomic E-state index is 13.4. The van der Waals surface area contributed by atoms with E-state index in [0.717, 1.165) is 21.5 Å². The molecule has 0 unspecified atom stereocenters. The van der Waals surface area contributed by atoms with E-state index >= 15 is 0 Å². The molecule has 7 heteroatoms. The molecule has 0 saturated heterocycles. The van der Waals surface area contributed by atoms with Crippen molar-refractivity contribution in [3.05, 3.63) is 56.2 Å². The Balaban J connectivity index is 1.81. The minimum Gasteiger partial charge on any atom is -0.461 e. The van der Waals surface area contributed by atoms with E-state index in [1.165, 1.54) is 11.3 Å². The normalized spacial score (nSPS) is 10.5. The van der Waals surface area contributed by atoms with E-state index in [0.29, 0.717) is 6.07 Å². The zero-order valence-electron chi connectivity index (χ0n) is 11.3. The molecule has 1 heterocycles. The van der Waals surface area contributed by atoms with Crippen molar-refractivity contribution in [2.45, 2.75) is 19.4 Å². The zero-order chi connectivity index (χ0) is 16.1. The van der Waals surface area contributed by atoms with Crippen LogP contribution in [0.1, 0.15) is 28.8 Å². The smallest absolute Gasteiger partial charge is 0.306 e. The lowest BCUT2D eigenvalue weighted by molar-refractivity contribution is -0.144. The molecule has 116 valence electrons. The molecule has 22 heavy (non-hydrogen) atoms. The maximum Gasteiger partial charge on any atom is 0.306 e. The van der Waals surface area contributed by atoms with Gasteiger partial charge in [-0.25, -0.2) is 8.78 Å². The first-order chi connectivity index (χ1) is 10.5. The van der Waals surface area contributed by atoms with Crippen molar-refractivity contribution in [2.24, 2.45) is 0 Å². The van der Waals surface area contributed by atoms with Gasteiger partial charge in [-0.3, -0.25) is 9.59 Å². The molecule has 2 aromatic rings. The molecule has 2 rings (SSSR count). The van der Waals surface area contributed by atoms with E-state index < -0.39 is 23.4 Å². The highest BCUT2D eigenvalue weighted by atomic mass is 79.9. The molecule has 0 aliphatic heterocycles. The van der Waals surface area contributed by atoms with E-state index in [1.807, 2.05) is 11.4 Å². The number of thiophene rings is 1. The van der Waals surface area contributed by atoms with Crippen LogP contribution in [0.3, 0.4) is 0 Å². The molecule has 0 N–H and O–H groups in total. The van der Waals surface area contributed by atoms with Gasteiger partial charge < -0.3 is 4.74 Å². The molecule has 0 aliphatic carbocycles. The molecule has 1 aromatic heterocycles. The van der Waals surface area contributed by atoms with Crippen LogP contribution < -0.4 is 0 Å². The number of halogens is 3. The highest BCUT2D eigenvalue weighted by Gasteiger charge is 2.15. The average Bonchev–Trinajstić information content (AvgIpc) is 2.88. The van der Waals surface area contributed by atoms with Gasteiger partial charge in [0.25, 0.3) is 0 Å². The van der Waals surface area contributed by atoms with E-state index in [4.69, 9.17) is 4.74 Å². The van der Waals surface area contributed by atoms with Gasteiger partial charge in [-0.05, 0) is 39.5 Å². The van der Waals surface area contributed by atoms with Gasteiger partial charge in [0.15, 0.2) is 5.78 Å². The Bertz CT molecular complexity index is 700. The van der Waals surface area contributed by atoms with Crippen LogP contribution in [0.5, 0.6) is 0 Å². The molecule has 3 nitrogen and oxygen atoms in total. The van der Waals surface area contributed by atoms with Crippen LogP contribution in [0.15, 0.2) is 33.4 Å². The van der Waals surface area contributed by atoms with Crippen molar-refractivity contribution >= 4 is 39.0 Å². The van der Waals surface area contributed by atoms with Crippen LogP contribution in [0.25, 0.3) is 0 Å². The quantitative estimate of drug-likeness (QED) is 0.540. The van der Waals surface area contributed by atoms with Gasteiger partial charge in [-0.1, -0.05) is 0 Å². The fraction of sp³-hybridized carbons (Fsp3) is 0.200. The molecule has 1 aromatic carbocycles. The summed E-state index contributed by atoms with van der Waals surface area (Å²) in [6, 6.07) is 4.54. The largest absolute Gasteiger partial charge is 0.461 e. The first-order valence-electron chi connectivity index (χ1n) is 6.32. The number of carbonyl (C=O) groups is 2. The summed E-state index contributed by atoms with van der Waals surface area (Å²) in [6.45, 7) is 0.125. The number of hydrogen-bond acceptors (Lipinski definition) is 4. The van der Waals surface area contributed by atoms with Gasteiger partial charge in [-0.15, -0.1) is 11.3 Å². The summed E-state index contributed by atoms with van der Waals surface area (Å²) in [4.78, 5) is 23.3. The third-order valence-corrected chi connectivity index (χ3v) is 4.36. The second kappa shape index (κ2) is 7.60. The van der Waals surface area contributed by atoms with Crippen molar-refractivity contribution in [3.8, 4) is 0 Å². The minimum atomic E-state index is -0.929. The first-order valence-corrected chi connectivity index (χ1v) is 8.00. The third-order valence-electron chi connectivity index (χ3n) is 2.81. The lowest BCUT2D eigenvalue weighted by Crippen LogP contribution is -2.09. The van der Waals surface area contributed by atoms with Gasteiger partial charge in [0.1, 0.15) is 18.2 Å². The Morgan fingerprint density at radius 2 is 1.95 bits per heavy atom. The molecule has 0 radical (unpaired) electrons. The Labute approximate surface area is 138 Å². The number of benzene rings is 1. The highest BCUT2D eigenvalue weighted by molar-refractivity contribution is 9.11. The molecule has 0 bridgehead atoms. The second-order valence-corrected chi connectivity index (χ2v) is 6.76. The van der Waals surface area contributed by atoms with Crippen molar-refractivity contribution in [2.75, 3.05) is 0 Å². The lowest BCUT2D eigenvalue weighted by Gasteiger charge is -2.04. The van der Waals surface area contributed by atoms with Crippen molar-refractivity contribution in [1.82, 2.24) is 0 Å². The zero-order valence-corrected chi connectivity index (χ0v) is 13.7. The molecule has 0 amide bonds. The van der Waals surface area contributed by atoms with Crippen LogP contribution in [-0.4, -0.2) is 11.8 Å². The van der Waals surface area contributed by atoms with Crippen LogP contribution in [0, 0.1) is 11.6 Å². The second-order valence-electron chi connectivity index (χ2n) is 4.47. The lowest BCUT2D eigenvalue weighted by atomic mass is 10.1. The van der Waals surface area contributed by atoms with Gasteiger partial charge in [0.2, 0.25) is 0 Å². The summed E-state index contributed by atoms with van der Waals surface area (Å²) in [5, 5.41) is 1.84. The number of esters is 1. The fourth-order valence-corrected chi connectivity index (χ4v) is 2.92. The minimum absolute atomic E-state index is 0.125. The Hall–Kier alpha value is -1.60. The summed E-state index contributed by atoms with van der Waals surface area (Å²) in [5.41, 5.74) is 0.622. The van der Waals surface area contributed by atoms with Gasteiger partial charge >= 0.3 is 5.97 Å². The summed E-state index contributed by atoms with van der Waals surface area (Å²) in [7, 11) is 0. The predicted octanol–water partition coefficient (Wildman–Crippen LogP) is 4.50. The highest BCUT2D eigenvalue weighted by Crippen LogP contribution is 2.21. The molecule has 0 spiro atoms. The number of Topliss-reactive ketones (excluding diaryl/α,β-unsaturated/α-hetero) is 1. The SMILES string of the molecule is O=C(CCC(=O)c1ccc(F)cc1F)OCc1csc(Br)c1. The van der Waals surface area contributed by atoms with E-state index in [1.54, 1.807) is 0 Å². The van der Waals surface area contributed by atoms with E-state index in [-0.39, 0.29) is 25.0 Å². The maximum atomic E-state index is 13.4. The fourth-order valence-electron chi connectivity index (χ4n) is 1.72. The summed E-state index contributed by atoms with van der Waals surface area (Å²) in [5.74, 6) is -2.79. The first kappa shape index (κ1) is 16.8. The number of hydrogen-bond donors (Lipinski definition) is 0. The third kappa shape index (κ3) is 4.71. The van der Waals surface area contributed by atoms with Gasteiger partial charge in [0, 0.05) is 18.1 Å². The number of carbonyl (C=O) groups excluding carboxylic acids is 2. The predicted molar refractivity (Wildman–Crippen MR) is 81.7 cm³/mol. The molecular formula is C15H11BrF2O3S. The van der Waals surface area contributed by atoms with E-state index in [9.17, 15) is 18.4 Å². The molecule has 0 atom stereocenters. The van der Waals surface area contributed by atoms with Gasteiger partial charge in [-0.2, -0.15) is 0 Å². The topological polar surface area (TPSA) is 43.4 Å². The van der Waals surface area contributed by atoms with Crippen LogP contribution in [0.4, 0.5) is 8.78 Å². The molecular weight excluding hydrogens is 378 g/mol. The Morgan fingerprint density at radius 3 is 2.59 bits per heavy atom. The molecule has 0 fully saturated rings. The number of ketones is 1. The Morgan fingerprint density at radius 1 is 1.18 bits per heavy atom. The van der Waals surface area contributed by atoms with Crippen molar-refractivity contribution in [3.63, 3.8) is 0 Å². The van der Waals surface area contributed by atoms with Crippen LogP contribution >= 0.6 is 27.3 Å². The monoisotopic (exact) mass is 388 g/mol. The van der Waals surface area contributed by atoms with Crippen molar-refractivity contribution in [1.29, 1.82) is 0 Å². The number of ether oxygens (including phenoxy) is 1. The summed E-state index contributed by atoms with van der Waals surface area (Å²) >= 11 is 4.77. The standard InChI is InChI=1S/C15H11BrF2O3S/c16-14-5-9(8-22-14)7-21-15(20)4-3-13(19)11-2-1-10(17)6-12(11)18/h1-2,5-6,8H,3-4,7H2. The Kier molecular flexibility index (Phi) is 5.79. The summed E-state index contributed by atoms with van der Waals surface area (Å²) < 4.78 is 32.1. The van der Waals surface area contributed by atoms with Crippen LogP contribution in [-0.2, 0) is 16.1 Å².